The quantitative estimate of drug-likeness (QED) is 0.794. The van der Waals surface area contributed by atoms with Crippen LogP contribution in [0.25, 0.3) is 0 Å². The first-order valence-corrected chi connectivity index (χ1v) is 5.44. The highest BCUT2D eigenvalue weighted by molar-refractivity contribution is 5.93. The second kappa shape index (κ2) is 4.58. The molecule has 0 radical (unpaired) electrons. The molecule has 1 saturated heterocycles. The number of carboxylic acid groups (broad SMARTS) is 1. The number of amides is 1. The molecule has 0 aromatic carbocycles. The molecule has 0 bridgehead atoms. The number of furan rings is 1. The predicted molar refractivity (Wildman–Crippen MR) is 58.7 cm³/mol. The molecular formula is C11H14N2O4. The Kier molecular flexibility index (Phi) is 3.14. The van der Waals surface area contributed by atoms with Crippen LogP contribution in [-0.2, 0) is 0 Å². The highest BCUT2D eigenvalue weighted by Crippen LogP contribution is 2.18. The summed E-state index contributed by atoms with van der Waals surface area (Å²) in [6.45, 7) is 1.81. The molecule has 0 aliphatic carbocycles. The Morgan fingerprint density at radius 1 is 1.47 bits per heavy atom. The van der Waals surface area contributed by atoms with Crippen LogP contribution in [0.3, 0.4) is 0 Å². The molecular weight excluding hydrogens is 224 g/mol. The van der Waals surface area contributed by atoms with E-state index in [1.807, 2.05) is 0 Å². The van der Waals surface area contributed by atoms with E-state index in [9.17, 15) is 9.59 Å². The van der Waals surface area contributed by atoms with Gasteiger partial charge in [-0.2, -0.15) is 0 Å². The Hall–Kier alpha value is -1.82. The standard InChI is InChI=1S/C11H14N2O4/c12-5-7-3-4-13(6-7)10(14)8-1-2-9(17-8)11(15)16/h1-2,7H,3-6,12H2,(H,15,16). The zero-order chi connectivity index (χ0) is 12.4. The fourth-order valence-electron chi connectivity index (χ4n) is 1.93. The van der Waals surface area contributed by atoms with E-state index >= 15 is 0 Å². The van der Waals surface area contributed by atoms with Gasteiger partial charge >= 0.3 is 5.97 Å². The minimum Gasteiger partial charge on any atom is -0.475 e. The highest BCUT2D eigenvalue weighted by atomic mass is 16.4. The number of likely N-dealkylation sites (tertiary alicyclic amines) is 1. The molecule has 1 fully saturated rings. The third-order valence-corrected chi connectivity index (χ3v) is 2.93. The summed E-state index contributed by atoms with van der Waals surface area (Å²) in [4.78, 5) is 24.2. The molecule has 1 unspecified atom stereocenters. The minimum atomic E-state index is -1.18. The lowest BCUT2D eigenvalue weighted by Crippen LogP contribution is -2.29. The van der Waals surface area contributed by atoms with Crippen molar-refractivity contribution in [2.75, 3.05) is 19.6 Å². The molecule has 0 spiro atoms. The van der Waals surface area contributed by atoms with E-state index < -0.39 is 5.97 Å². The summed E-state index contributed by atoms with van der Waals surface area (Å²) in [5.41, 5.74) is 5.54. The average Bonchev–Trinajstić information content (AvgIpc) is 2.97. The summed E-state index contributed by atoms with van der Waals surface area (Å²) in [6, 6.07) is 2.67. The molecule has 2 heterocycles. The Morgan fingerprint density at radius 3 is 2.71 bits per heavy atom. The lowest BCUT2D eigenvalue weighted by molar-refractivity contribution is 0.0653. The molecule has 2 rings (SSSR count). The number of carbonyl (C=O) groups excluding carboxylic acids is 1. The summed E-state index contributed by atoms with van der Waals surface area (Å²) < 4.78 is 4.97. The van der Waals surface area contributed by atoms with Crippen molar-refractivity contribution in [1.29, 1.82) is 0 Å². The molecule has 3 N–H and O–H groups in total. The number of hydrogen-bond acceptors (Lipinski definition) is 4. The van der Waals surface area contributed by atoms with Gasteiger partial charge in [-0.1, -0.05) is 0 Å². The highest BCUT2D eigenvalue weighted by Gasteiger charge is 2.28. The normalized spacial score (nSPS) is 19.6. The first kappa shape index (κ1) is 11.7. The van der Waals surface area contributed by atoms with Gasteiger partial charge in [0.2, 0.25) is 5.76 Å². The van der Waals surface area contributed by atoms with Crippen molar-refractivity contribution in [2.24, 2.45) is 11.7 Å². The SMILES string of the molecule is NCC1CCN(C(=O)c2ccc(C(=O)O)o2)C1. The van der Waals surface area contributed by atoms with Crippen LogP contribution in [-0.4, -0.2) is 41.5 Å². The van der Waals surface area contributed by atoms with Crippen molar-refractivity contribution in [3.8, 4) is 0 Å². The molecule has 1 aromatic rings. The Bertz CT molecular complexity index is 440. The number of carboxylic acids is 1. The molecule has 1 atom stereocenters. The van der Waals surface area contributed by atoms with Gasteiger partial charge in [0.05, 0.1) is 0 Å². The third kappa shape index (κ3) is 2.31. The van der Waals surface area contributed by atoms with Gasteiger partial charge in [-0.15, -0.1) is 0 Å². The zero-order valence-corrected chi connectivity index (χ0v) is 9.26. The summed E-state index contributed by atoms with van der Waals surface area (Å²) in [5.74, 6) is -1.27. The molecule has 6 nitrogen and oxygen atoms in total. The topological polar surface area (TPSA) is 96.8 Å². The summed E-state index contributed by atoms with van der Waals surface area (Å²) in [5, 5.41) is 8.69. The molecule has 0 saturated carbocycles. The number of carbonyl (C=O) groups is 2. The predicted octanol–water partition coefficient (Wildman–Crippen LogP) is 0.399. The van der Waals surface area contributed by atoms with Gasteiger partial charge in [-0.25, -0.2) is 4.79 Å². The van der Waals surface area contributed by atoms with Gasteiger partial charge < -0.3 is 20.2 Å². The smallest absolute Gasteiger partial charge is 0.371 e. The van der Waals surface area contributed by atoms with Crippen LogP contribution >= 0.6 is 0 Å². The van der Waals surface area contributed by atoms with E-state index in [-0.39, 0.29) is 17.4 Å². The van der Waals surface area contributed by atoms with E-state index in [1.54, 1.807) is 4.90 Å². The molecule has 17 heavy (non-hydrogen) atoms. The van der Waals surface area contributed by atoms with Gasteiger partial charge in [0.1, 0.15) is 0 Å². The lowest BCUT2D eigenvalue weighted by atomic mass is 10.1. The molecule has 1 aliphatic rings. The van der Waals surface area contributed by atoms with Gasteiger partial charge in [-0.05, 0) is 31.0 Å². The largest absolute Gasteiger partial charge is 0.475 e. The van der Waals surface area contributed by atoms with Crippen LogP contribution in [0.15, 0.2) is 16.5 Å². The number of rotatable bonds is 3. The van der Waals surface area contributed by atoms with Crippen LogP contribution < -0.4 is 5.73 Å². The Labute approximate surface area is 98.0 Å². The monoisotopic (exact) mass is 238 g/mol. The van der Waals surface area contributed by atoms with Gasteiger partial charge in [0, 0.05) is 13.1 Å². The number of nitrogens with zero attached hydrogens (tertiary/aromatic N) is 1. The average molecular weight is 238 g/mol. The van der Waals surface area contributed by atoms with Gasteiger partial charge in [0.15, 0.2) is 5.76 Å². The fraction of sp³-hybridized carbons (Fsp3) is 0.455. The van der Waals surface area contributed by atoms with E-state index in [0.717, 1.165) is 6.42 Å². The Balaban J connectivity index is 2.07. The molecule has 1 amide bonds. The van der Waals surface area contributed by atoms with E-state index in [0.29, 0.717) is 25.6 Å². The van der Waals surface area contributed by atoms with Crippen molar-refractivity contribution in [3.63, 3.8) is 0 Å². The van der Waals surface area contributed by atoms with Crippen molar-refractivity contribution >= 4 is 11.9 Å². The Morgan fingerprint density at radius 2 is 2.18 bits per heavy atom. The van der Waals surface area contributed by atoms with E-state index in [4.69, 9.17) is 15.3 Å². The van der Waals surface area contributed by atoms with Crippen LogP contribution in [0.4, 0.5) is 0 Å². The number of nitrogens with two attached hydrogens (primary N) is 1. The van der Waals surface area contributed by atoms with Crippen LogP contribution in [0.1, 0.15) is 27.5 Å². The summed E-state index contributed by atoms with van der Waals surface area (Å²) >= 11 is 0. The third-order valence-electron chi connectivity index (χ3n) is 2.93. The van der Waals surface area contributed by atoms with Crippen LogP contribution in [0.5, 0.6) is 0 Å². The molecule has 1 aliphatic heterocycles. The maximum Gasteiger partial charge on any atom is 0.371 e. The minimum absolute atomic E-state index is 0.0695. The van der Waals surface area contributed by atoms with Crippen LogP contribution in [0, 0.1) is 5.92 Å². The fourth-order valence-corrected chi connectivity index (χ4v) is 1.93. The molecule has 92 valence electrons. The molecule has 1 aromatic heterocycles. The van der Waals surface area contributed by atoms with E-state index in [1.165, 1.54) is 12.1 Å². The number of aromatic carboxylic acids is 1. The maximum atomic E-state index is 11.9. The molecule has 6 heteroatoms. The summed E-state index contributed by atoms with van der Waals surface area (Å²) in [6.07, 6.45) is 0.884. The maximum absolute atomic E-state index is 11.9. The van der Waals surface area contributed by atoms with E-state index in [2.05, 4.69) is 0 Å². The zero-order valence-electron chi connectivity index (χ0n) is 9.26. The number of hydrogen-bond donors (Lipinski definition) is 2. The second-order valence-electron chi connectivity index (χ2n) is 4.11. The lowest BCUT2D eigenvalue weighted by Gasteiger charge is -2.14. The van der Waals surface area contributed by atoms with Crippen molar-refractivity contribution in [1.82, 2.24) is 4.90 Å². The second-order valence-corrected chi connectivity index (χ2v) is 4.11. The van der Waals surface area contributed by atoms with Gasteiger partial charge in [0.25, 0.3) is 5.91 Å². The van der Waals surface area contributed by atoms with Crippen LogP contribution in [0.2, 0.25) is 0 Å². The van der Waals surface area contributed by atoms with Gasteiger partial charge in [-0.3, -0.25) is 4.79 Å². The van der Waals surface area contributed by atoms with Crippen molar-refractivity contribution < 1.29 is 19.1 Å². The summed E-state index contributed by atoms with van der Waals surface area (Å²) in [7, 11) is 0. The van der Waals surface area contributed by atoms with Crippen molar-refractivity contribution in [2.45, 2.75) is 6.42 Å². The first-order chi connectivity index (χ1) is 8.11. The first-order valence-electron chi connectivity index (χ1n) is 5.44. The van der Waals surface area contributed by atoms with Crippen molar-refractivity contribution in [3.05, 3.63) is 23.7 Å².